The summed E-state index contributed by atoms with van der Waals surface area (Å²) in [5.74, 6) is -0.235. The lowest BCUT2D eigenvalue weighted by molar-refractivity contribution is 0.431. The second kappa shape index (κ2) is 7.38. The number of likely N-dealkylation sites (N-methyl/N-ethyl adjacent to an activating group) is 1. The van der Waals surface area contributed by atoms with Crippen molar-refractivity contribution < 1.29 is 9.13 Å². The predicted octanol–water partition coefficient (Wildman–Crippen LogP) is 3.46. The van der Waals surface area contributed by atoms with Crippen molar-refractivity contribution in [2.75, 3.05) is 25.0 Å². The van der Waals surface area contributed by atoms with Crippen LogP contribution in [0.1, 0.15) is 6.42 Å². The van der Waals surface area contributed by atoms with E-state index in [1.54, 1.807) is 6.20 Å². The van der Waals surface area contributed by atoms with Gasteiger partial charge in [0.15, 0.2) is 17.1 Å². The molecule has 0 aliphatic carbocycles. The summed E-state index contributed by atoms with van der Waals surface area (Å²) in [6, 6.07) is 3.13. The van der Waals surface area contributed by atoms with Gasteiger partial charge in [0, 0.05) is 19.6 Å². The van der Waals surface area contributed by atoms with Crippen LogP contribution in [0.4, 0.5) is 10.3 Å². The first-order valence-corrected chi connectivity index (χ1v) is 9.03. The molecule has 0 amide bonds. The Morgan fingerprint density at radius 3 is 2.89 bits per heavy atom. The van der Waals surface area contributed by atoms with Crippen LogP contribution in [-0.2, 0) is 0 Å². The lowest BCUT2D eigenvalue weighted by atomic mass is 10.2. The van der Waals surface area contributed by atoms with E-state index in [1.807, 2.05) is 11.9 Å². The third-order valence-electron chi connectivity index (χ3n) is 4.43. The van der Waals surface area contributed by atoms with Crippen LogP contribution in [0.15, 0.2) is 24.7 Å². The highest BCUT2D eigenvalue weighted by molar-refractivity contribution is 6.42. The number of hydrogen-bond acceptors (Lipinski definition) is 7. The van der Waals surface area contributed by atoms with Crippen molar-refractivity contribution in [1.82, 2.24) is 25.3 Å². The smallest absolute Gasteiger partial charge is 0.249 e. The van der Waals surface area contributed by atoms with Gasteiger partial charge in [0.25, 0.3) is 0 Å². The molecule has 1 fully saturated rings. The second-order valence-corrected chi connectivity index (χ2v) is 6.90. The first-order valence-electron chi connectivity index (χ1n) is 8.27. The molecule has 1 aliphatic rings. The molecule has 3 heterocycles. The van der Waals surface area contributed by atoms with Crippen LogP contribution < -0.4 is 15.0 Å². The van der Waals surface area contributed by atoms with E-state index in [9.17, 15) is 4.39 Å². The van der Waals surface area contributed by atoms with E-state index in [1.165, 1.54) is 18.5 Å². The van der Waals surface area contributed by atoms with E-state index < -0.39 is 5.82 Å². The van der Waals surface area contributed by atoms with Crippen LogP contribution in [0.2, 0.25) is 10.0 Å². The molecule has 27 heavy (non-hydrogen) atoms. The normalized spacial score (nSPS) is 16.7. The average Bonchev–Trinajstić information content (AvgIpc) is 3.22. The van der Waals surface area contributed by atoms with E-state index in [-0.39, 0.29) is 21.7 Å². The highest BCUT2D eigenvalue weighted by atomic mass is 35.5. The zero-order chi connectivity index (χ0) is 19.0. The molecule has 1 N–H and O–H groups in total. The number of anilines is 1. The van der Waals surface area contributed by atoms with E-state index in [0.717, 1.165) is 19.5 Å². The van der Waals surface area contributed by atoms with Gasteiger partial charge >= 0.3 is 0 Å². The zero-order valence-corrected chi connectivity index (χ0v) is 15.8. The Morgan fingerprint density at radius 1 is 1.26 bits per heavy atom. The van der Waals surface area contributed by atoms with Gasteiger partial charge in [-0.1, -0.05) is 23.2 Å². The molecule has 3 aromatic rings. The summed E-state index contributed by atoms with van der Waals surface area (Å²) in [4.78, 5) is 19.2. The van der Waals surface area contributed by atoms with E-state index in [0.29, 0.717) is 23.0 Å². The minimum Gasteiger partial charge on any atom is -0.434 e. The fourth-order valence-electron chi connectivity index (χ4n) is 2.89. The fourth-order valence-corrected chi connectivity index (χ4v) is 3.19. The zero-order valence-electron chi connectivity index (χ0n) is 14.3. The molecule has 0 radical (unpaired) electrons. The molecule has 0 unspecified atom stereocenters. The van der Waals surface area contributed by atoms with Gasteiger partial charge in [-0.2, -0.15) is 4.98 Å². The monoisotopic (exact) mass is 408 g/mol. The highest BCUT2D eigenvalue weighted by Gasteiger charge is 2.22. The Bertz CT molecular complexity index is 999. The Morgan fingerprint density at radius 2 is 2.11 bits per heavy atom. The highest BCUT2D eigenvalue weighted by Crippen LogP contribution is 2.34. The summed E-state index contributed by atoms with van der Waals surface area (Å²) < 4.78 is 20.0. The molecule has 4 rings (SSSR count). The van der Waals surface area contributed by atoms with Crippen LogP contribution in [-0.4, -0.2) is 46.1 Å². The maximum absolute atomic E-state index is 14.3. The van der Waals surface area contributed by atoms with Crippen LogP contribution in [0.3, 0.4) is 0 Å². The molecule has 1 saturated heterocycles. The first kappa shape index (κ1) is 18.1. The van der Waals surface area contributed by atoms with Crippen molar-refractivity contribution in [3.8, 4) is 11.6 Å². The lowest BCUT2D eigenvalue weighted by Crippen LogP contribution is -2.34. The van der Waals surface area contributed by atoms with Crippen molar-refractivity contribution >= 4 is 40.2 Å². The van der Waals surface area contributed by atoms with Crippen LogP contribution >= 0.6 is 23.2 Å². The average molecular weight is 409 g/mol. The Balaban J connectivity index is 1.72. The summed E-state index contributed by atoms with van der Waals surface area (Å²) in [5, 5.41) is 3.20. The fraction of sp³-hybridized carbons (Fsp3) is 0.294. The third kappa shape index (κ3) is 3.47. The van der Waals surface area contributed by atoms with Crippen molar-refractivity contribution in [2.24, 2.45) is 0 Å². The molecule has 0 bridgehead atoms. The van der Waals surface area contributed by atoms with Crippen molar-refractivity contribution in [3.05, 3.63) is 40.5 Å². The van der Waals surface area contributed by atoms with Crippen molar-refractivity contribution in [3.63, 3.8) is 0 Å². The largest absolute Gasteiger partial charge is 0.434 e. The van der Waals surface area contributed by atoms with E-state index in [4.69, 9.17) is 27.9 Å². The Labute approximate surface area is 164 Å². The maximum Gasteiger partial charge on any atom is 0.249 e. The number of fused-ring (bicyclic) bond motifs is 1. The summed E-state index contributed by atoms with van der Waals surface area (Å²) in [5.41, 5.74) is 0.868. The molecule has 140 valence electrons. The SMILES string of the molecule is CN(c1ncc2ncnc(Oc3ccc(Cl)c(Cl)c3F)c2n1)[C@H]1CCNC1. The summed E-state index contributed by atoms with van der Waals surface area (Å²) in [7, 11) is 1.93. The van der Waals surface area contributed by atoms with E-state index >= 15 is 0 Å². The van der Waals surface area contributed by atoms with Gasteiger partial charge in [0.05, 0.1) is 16.2 Å². The topological polar surface area (TPSA) is 76.1 Å². The number of benzene rings is 1. The number of nitrogens with one attached hydrogen (secondary N) is 1. The van der Waals surface area contributed by atoms with Crippen LogP contribution in [0.5, 0.6) is 11.6 Å². The third-order valence-corrected chi connectivity index (χ3v) is 5.22. The van der Waals surface area contributed by atoms with Crippen molar-refractivity contribution in [2.45, 2.75) is 12.5 Å². The number of aromatic nitrogens is 4. The van der Waals surface area contributed by atoms with Gasteiger partial charge < -0.3 is 15.0 Å². The number of ether oxygens (including phenoxy) is 1. The van der Waals surface area contributed by atoms with Gasteiger partial charge in [-0.25, -0.2) is 19.3 Å². The minimum atomic E-state index is -0.764. The van der Waals surface area contributed by atoms with Gasteiger partial charge in [-0.15, -0.1) is 0 Å². The molecule has 7 nitrogen and oxygen atoms in total. The molecular weight excluding hydrogens is 394 g/mol. The van der Waals surface area contributed by atoms with Crippen LogP contribution in [0.25, 0.3) is 11.0 Å². The number of nitrogens with zero attached hydrogens (tertiary/aromatic N) is 5. The first-order chi connectivity index (χ1) is 13.0. The lowest BCUT2D eigenvalue weighted by Gasteiger charge is -2.23. The number of rotatable bonds is 4. The standard InChI is InChI=1S/C17H15Cl2FN6O/c1-26(9-4-5-21-6-9)17-22-7-11-15(25-17)16(24-8-23-11)27-12-3-2-10(18)13(19)14(12)20/h2-3,7-9,21H,4-6H2,1H3/t9-/m0/s1. The number of hydrogen-bond donors (Lipinski definition) is 1. The molecule has 1 aromatic carbocycles. The second-order valence-electron chi connectivity index (χ2n) is 6.12. The molecule has 1 atom stereocenters. The molecule has 0 saturated carbocycles. The van der Waals surface area contributed by atoms with E-state index in [2.05, 4.69) is 25.3 Å². The minimum absolute atomic E-state index is 0.0992. The van der Waals surface area contributed by atoms with Gasteiger partial charge in [0.1, 0.15) is 11.8 Å². The molecule has 10 heteroatoms. The van der Waals surface area contributed by atoms with Gasteiger partial charge in [-0.3, -0.25) is 0 Å². The molecule has 0 spiro atoms. The van der Waals surface area contributed by atoms with Crippen molar-refractivity contribution in [1.29, 1.82) is 0 Å². The van der Waals surface area contributed by atoms with Gasteiger partial charge in [-0.05, 0) is 25.1 Å². The Kier molecular flexibility index (Phi) is 4.94. The summed E-state index contributed by atoms with van der Waals surface area (Å²) in [6.45, 7) is 1.82. The Hall–Kier alpha value is -2.29. The molecule has 1 aliphatic heterocycles. The summed E-state index contributed by atoms with van der Waals surface area (Å²) >= 11 is 11.7. The molecular formula is C17H15Cl2FN6O. The predicted molar refractivity (Wildman–Crippen MR) is 101 cm³/mol. The molecule has 2 aromatic heterocycles. The summed E-state index contributed by atoms with van der Waals surface area (Å²) in [6.07, 6.45) is 3.90. The quantitative estimate of drug-likeness (QED) is 0.662. The maximum atomic E-state index is 14.3. The van der Waals surface area contributed by atoms with Crippen LogP contribution in [0, 0.1) is 5.82 Å². The van der Waals surface area contributed by atoms with Gasteiger partial charge in [0.2, 0.25) is 11.8 Å². The number of halogens is 3.